The van der Waals surface area contributed by atoms with Crippen molar-refractivity contribution in [3.63, 3.8) is 0 Å². The molecule has 2 aliphatic rings. The minimum Gasteiger partial charge on any atom is -0.494 e. The second-order valence-electron chi connectivity index (χ2n) is 10.0. The Morgan fingerprint density at radius 1 is 1.10 bits per heavy atom. The number of carbonyl (C=O) groups is 3. The van der Waals surface area contributed by atoms with Crippen molar-refractivity contribution in [2.75, 3.05) is 19.1 Å². The number of hydrogen-bond donors (Lipinski definition) is 3. The van der Waals surface area contributed by atoms with Gasteiger partial charge in [0.15, 0.2) is 17.2 Å². The number of anilines is 1. The average molecular weight is 580 g/mol. The standard InChI is InChI=1S/C29H33N5O6S/c1-2-38-20-11-9-18(10-12-20)25(28(36)32-19-6-4-3-5-7-19)34(15-17-8-13-21-22(14-17)40-16-39-21)29(37)26-23(30)24(27(31)35)33-41-26/h8-14,19,25H,2-7,15-16,30H2,1H3,(H2,31,35)(H,32,36)/t25-/m0/s1. The number of nitrogen functional groups attached to an aromatic ring is 1. The number of carbonyl (C=O) groups excluding carboxylic acids is 3. The van der Waals surface area contributed by atoms with Gasteiger partial charge in [0.05, 0.1) is 12.3 Å². The Bertz CT molecular complexity index is 1420. The molecule has 2 aromatic carbocycles. The molecule has 1 aliphatic carbocycles. The molecule has 1 atom stereocenters. The number of amides is 3. The van der Waals surface area contributed by atoms with E-state index in [4.69, 9.17) is 25.7 Å². The van der Waals surface area contributed by atoms with Crippen molar-refractivity contribution in [3.05, 3.63) is 64.2 Å². The first-order valence-corrected chi connectivity index (χ1v) is 14.4. The molecule has 0 radical (unpaired) electrons. The zero-order chi connectivity index (χ0) is 28.9. The van der Waals surface area contributed by atoms with Crippen molar-refractivity contribution >= 4 is 34.9 Å². The quantitative estimate of drug-likeness (QED) is 0.327. The van der Waals surface area contributed by atoms with E-state index in [9.17, 15) is 14.4 Å². The third-order valence-electron chi connectivity index (χ3n) is 7.22. The van der Waals surface area contributed by atoms with Crippen LogP contribution in [0.3, 0.4) is 0 Å². The number of fused-ring (bicyclic) bond motifs is 1. The Labute approximate surface area is 241 Å². The highest BCUT2D eigenvalue weighted by Crippen LogP contribution is 2.35. The van der Waals surface area contributed by atoms with Crippen LogP contribution in [0, 0.1) is 0 Å². The summed E-state index contributed by atoms with van der Waals surface area (Å²) in [5.74, 6) is 0.0959. The first kappa shape index (κ1) is 28.2. The van der Waals surface area contributed by atoms with Crippen LogP contribution in [0.15, 0.2) is 42.5 Å². The summed E-state index contributed by atoms with van der Waals surface area (Å²) in [4.78, 5) is 41.6. The summed E-state index contributed by atoms with van der Waals surface area (Å²) < 4.78 is 20.6. The highest BCUT2D eigenvalue weighted by atomic mass is 32.1. The lowest BCUT2D eigenvalue weighted by molar-refractivity contribution is -0.127. The average Bonchev–Trinajstić information content (AvgIpc) is 3.60. The lowest BCUT2D eigenvalue weighted by Gasteiger charge is -2.33. The van der Waals surface area contributed by atoms with Crippen LogP contribution in [0.5, 0.6) is 17.2 Å². The fraction of sp³-hybridized carbons (Fsp3) is 0.379. The van der Waals surface area contributed by atoms with Crippen LogP contribution >= 0.6 is 11.5 Å². The maximum absolute atomic E-state index is 14.2. The molecule has 1 saturated carbocycles. The van der Waals surface area contributed by atoms with Crippen molar-refractivity contribution in [2.24, 2.45) is 5.73 Å². The van der Waals surface area contributed by atoms with Gasteiger partial charge in [-0.2, -0.15) is 4.37 Å². The van der Waals surface area contributed by atoms with E-state index in [2.05, 4.69) is 9.69 Å². The molecule has 5 rings (SSSR count). The van der Waals surface area contributed by atoms with E-state index >= 15 is 0 Å². The van der Waals surface area contributed by atoms with Crippen molar-refractivity contribution in [1.29, 1.82) is 0 Å². The molecule has 1 fully saturated rings. The van der Waals surface area contributed by atoms with Crippen LogP contribution in [-0.2, 0) is 11.3 Å². The number of nitrogens with zero attached hydrogens (tertiary/aromatic N) is 2. The fourth-order valence-corrected chi connectivity index (χ4v) is 5.95. The van der Waals surface area contributed by atoms with E-state index in [-0.39, 0.29) is 41.5 Å². The molecular weight excluding hydrogens is 546 g/mol. The molecule has 5 N–H and O–H groups in total. The zero-order valence-corrected chi connectivity index (χ0v) is 23.6. The maximum atomic E-state index is 14.2. The molecule has 216 valence electrons. The smallest absolute Gasteiger partial charge is 0.270 e. The summed E-state index contributed by atoms with van der Waals surface area (Å²) in [5.41, 5.74) is 12.6. The Hall–Kier alpha value is -4.32. The monoisotopic (exact) mass is 579 g/mol. The van der Waals surface area contributed by atoms with Gasteiger partial charge in [-0.05, 0) is 66.7 Å². The van der Waals surface area contributed by atoms with Crippen molar-refractivity contribution in [2.45, 2.75) is 57.7 Å². The van der Waals surface area contributed by atoms with Crippen LogP contribution in [-0.4, -0.2) is 46.4 Å². The molecule has 2 heterocycles. The Balaban J connectivity index is 1.57. The fourth-order valence-electron chi connectivity index (χ4n) is 5.19. The first-order valence-electron chi connectivity index (χ1n) is 13.6. The third kappa shape index (κ3) is 6.22. The van der Waals surface area contributed by atoms with Gasteiger partial charge in [-0.15, -0.1) is 0 Å². The summed E-state index contributed by atoms with van der Waals surface area (Å²) in [7, 11) is 0. The largest absolute Gasteiger partial charge is 0.494 e. The summed E-state index contributed by atoms with van der Waals surface area (Å²) in [6, 6.07) is 11.4. The van der Waals surface area contributed by atoms with E-state index in [1.807, 2.05) is 13.0 Å². The summed E-state index contributed by atoms with van der Waals surface area (Å²) in [6.07, 6.45) is 4.96. The molecule has 41 heavy (non-hydrogen) atoms. The number of primary amides is 1. The number of benzene rings is 2. The summed E-state index contributed by atoms with van der Waals surface area (Å²) in [6.45, 7) is 2.52. The van der Waals surface area contributed by atoms with Crippen molar-refractivity contribution < 1.29 is 28.6 Å². The molecule has 12 heteroatoms. The second kappa shape index (κ2) is 12.5. The summed E-state index contributed by atoms with van der Waals surface area (Å²) >= 11 is 0.777. The van der Waals surface area contributed by atoms with Crippen molar-refractivity contribution in [1.82, 2.24) is 14.6 Å². The third-order valence-corrected chi connectivity index (χ3v) is 8.08. The van der Waals surface area contributed by atoms with Crippen molar-refractivity contribution in [3.8, 4) is 17.2 Å². The van der Waals surface area contributed by atoms with Crippen LogP contribution in [0.2, 0.25) is 0 Å². The van der Waals surface area contributed by atoms with E-state index in [1.165, 1.54) is 4.90 Å². The van der Waals surface area contributed by atoms with E-state index in [0.717, 1.165) is 43.6 Å². The molecular formula is C29H33N5O6S. The van der Waals surface area contributed by atoms with Gasteiger partial charge in [0, 0.05) is 12.6 Å². The van der Waals surface area contributed by atoms with E-state index in [1.54, 1.807) is 36.4 Å². The van der Waals surface area contributed by atoms with Gasteiger partial charge in [-0.3, -0.25) is 14.4 Å². The molecule has 11 nitrogen and oxygen atoms in total. The molecule has 0 bridgehead atoms. The lowest BCUT2D eigenvalue weighted by atomic mass is 9.94. The van der Waals surface area contributed by atoms with Crippen LogP contribution in [0.1, 0.15) is 76.4 Å². The van der Waals surface area contributed by atoms with Gasteiger partial charge in [-0.1, -0.05) is 37.5 Å². The lowest BCUT2D eigenvalue weighted by Crippen LogP contribution is -2.46. The highest BCUT2D eigenvalue weighted by molar-refractivity contribution is 7.09. The van der Waals surface area contributed by atoms with Gasteiger partial charge >= 0.3 is 0 Å². The molecule has 3 aromatic rings. The van der Waals surface area contributed by atoms with Gasteiger partial charge in [0.1, 0.15) is 16.7 Å². The predicted molar refractivity (Wildman–Crippen MR) is 153 cm³/mol. The Morgan fingerprint density at radius 3 is 2.51 bits per heavy atom. The number of ether oxygens (including phenoxy) is 3. The molecule has 0 spiro atoms. The first-order chi connectivity index (χ1) is 19.9. The van der Waals surface area contributed by atoms with Gasteiger partial charge < -0.3 is 35.9 Å². The molecule has 0 unspecified atom stereocenters. The number of nitrogens with two attached hydrogens (primary N) is 2. The predicted octanol–water partition coefficient (Wildman–Crippen LogP) is 3.78. The number of aromatic nitrogens is 1. The summed E-state index contributed by atoms with van der Waals surface area (Å²) in [5, 5.41) is 3.18. The maximum Gasteiger partial charge on any atom is 0.270 e. The van der Waals surface area contributed by atoms with Crippen LogP contribution < -0.4 is 31.0 Å². The second-order valence-corrected chi connectivity index (χ2v) is 10.8. The highest BCUT2D eigenvalue weighted by Gasteiger charge is 2.36. The van der Waals surface area contributed by atoms with E-state index < -0.39 is 17.9 Å². The van der Waals surface area contributed by atoms with Gasteiger partial charge in [-0.25, -0.2) is 0 Å². The number of hydrogen-bond acceptors (Lipinski definition) is 9. The Morgan fingerprint density at radius 2 is 1.83 bits per heavy atom. The zero-order valence-electron chi connectivity index (χ0n) is 22.8. The number of nitrogens with one attached hydrogen (secondary N) is 1. The minimum absolute atomic E-state index is 0.0129. The van der Waals surface area contributed by atoms with Gasteiger partial charge in [0.25, 0.3) is 11.8 Å². The number of rotatable bonds is 10. The topological polar surface area (TPSA) is 159 Å². The van der Waals surface area contributed by atoms with Gasteiger partial charge in [0.2, 0.25) is 12.7 Å². The minimum atomic E-state index is -1.02. The molecule has 3 amide bonds. The molecule has 0 saturated heterocycles. The van der Waals surface area contributed by atoms with E-state index in [0.29, 0.717) is 35.0 Å². The molecule has 1 aliphatic heterocycles. The Kier molecular flexibility index (Phi) is 8.58. The normalized spacial score (nSPS) is 15.2. The molecule has 1 aromatic heterocycles. The van der Waals surface area contributed by atoms with Crippen LogP contribution in [0.25, 0.3) is 0 Å². The van der Waals surface area contributed by atoms with Crippen LogP contribution in [0.4, 0.5) is 5.69 Å². The SMILES string of the molecule is CCOc1ccc([C@@H](C(=O)NC2CCCCC2)N(Cc2ccc3c(c2)OCO3)C(=O)c2snc(C(N)=O)c2N)cc1.